The summed E-state index contributed by atoms with van der Waals surface area (Å²) in [7, 11) is 0. The average Bonchev–Trinajstić information content (AvgIpc) is 2.48. The molecule has 1 aromatic carbocycles. The fraction of sp³-hybridized carbons (Fsp3) is 0.267. The lowest BCUT2D eigenvalue weighted by molar-refractivity contribution is 0.100. The maximum atomic E-state index is 5.40. The fourth-order valence-corrected chi connectivity index (χ4v) is 1.27. The summed E-state index contributed by atoms with van der Waals surface area (Å²) in [4.78, 5) is 9.07. The van der Waals surface area contributed by atoms with Gasteiger partial charge in [0.05, 0.1) is 12.3 Å². The van der Waals surface area contributed by atoms with Gasteiger partial charge in [0.25, 0.3) is 0 Å². The highest BCUT2D eigenvalue weighted by Crippen LogP contribution is 2.31. The van der Waals surface area contributed by atoms with Crippen LogP contribution in [-0.4, -0.2) is 26.2 Å². The van der Waals surface area contributed by atoms with Gasteiger partial charge >= 0.3 is 0 Å². The van der Waals surface area contributed by atoms with Crippen LogP contribution in [0.2, 0.25) is 0 Å². The minimum Gasteiger partial charge on any atom is -0.477 e. The van der Waals surface area contributed by atoms with Crippen LogP contribution in [0.4, 0.5) is 5.69 Å². The Bertz CT molecular complexity index is 527. The van der Waals surface area contributed by atoms with Crippen LogP contribution < -0.4 is 15.0 Å². The van der Waals surface area contributed by atoms with Gasteiger partial charge < -0.3 is 9.47 Å². The van der Waals surface area contributed by atoms with E-state index in [1.807, 2.05) is 6.92 Å². The van der Waals surface area contributed by atoms with E-state index in [-0.39, 0.29) is 13.2 Å². The third-order valence-corrected chi connectivity index (χ3v) is 2.04. The van der Waals surface area contributed by atoms with E-state index in [0.29, 0.717) is 23.8 Å². The van der Waals surface area contributed by atoms with Gasteiger partial charge in [0, 0.05) is 6.07 Å². The van der Waals surface area contributed by atoms with Gasteiger partial charge in [-0.15, -0.1) is 12.8 Å². The van der Waals surface area contributed by atoms with Gasteiger partial charge in [-0.1, -0.05) is 11.8 Å². The van der Waals surface area contributed by atoms with Crippen molar-refractivity contribution in [3.8, 4) is 36.2 Å². The highest BCUT2D eigenvalue weighted by atomic mass is 16.6. The zero-order chi connectivity index (χ0) is 14.6. The molecule has 104 valence electrons. The normalized spacial score (nSPS) is 9.75. The summed E-state index contributed by atoms with van der Waals surface area (Å²) in [6, 6.07) is 5.18. The third kappa shape index (κ3) is 5.34. The van der Waals surface area contributed by atoms with E-state index < -0.39 is 0 Å². The van der Waals surface area contributed by atoms with Crippen molar-refractivity contribution in [2.75, 3.05) is 19.8 Å². The van der Waals surface area contributed by atoms with Crippen molar-refractivity contribution in [2.24, 2.45) is 4.99 Å². The molecule has 5 heteroatoms. The molecule has 5 nitrogen and oxygen atoms in total. The first-order valence-corrected chi connectivity index (χ1v) is 5.98. The number of benzene rings is 1. The van der Waals surface area contributed by atoms with Crippen LogP contribution in [0.25, 0.3) is 0 Å². The largest absolute Gasteiger partial charge is 0.477 e. The van der Waals surface area contributed by atoms with Gasteiger partial charge in [0.1, 0.15) is 19.6 Å². The Morgan fingerprint density at radius 3 is 2.55 bits per heavy atom. The molecule has 0 atom stereocenters. The molecule has 0 radical (unpaired) electrons. The molecule has 0 unspecified atom stereocenters. The number of hydrogen-bond acceptors (Lipinski definition) is 4. The second kappa shape index (κ2) is 9.32. The molecular weight excluding hydrogens is 256 g/mol. The second-order valence-corrected chi connectivity index (χ2v) is 3.43. The molecule has 1 rings (SSSR count). The number of hydroxylamine groups is 1. The van der Waals surface area contributed by atoms with Gasteiger partial charge in [0.2, 0.25) is 0 Å². The van der Waals surface area contributed by atoms with Crippen LogP contribution in [0.3, 0.4) is 0 Å². The van der Waals surface area contributed by atoms with Crippen molar-refractivity contribution in [1.29, 1.82) is 0 Å². The van der Waals surface area contributed by atoms with Crippen molar-refractivity contribution in [1.82, 2.24) is 5.48 Å². The Kier molecular flexibility index (Phi) is 7.19. The zero-order valence-electron chi connectivity index (χ0n) is 11.3. The molecular formula is C15H16N2O3. The zero-order valence-corrected chi connectivity index (χ0v) is 11.3. The van der Waals surface area contributed by atoms with Gasteiger partial charge in [-0.25, -0.2) is 4.99 Å². The van der Waals surface area contributed by atoms with Crippen LogP contribution in [0.1, 0.15) is 6.92 Å². The Morgan fingerprint density at radius 1 is 1.20 bits per heavy atom. The minimum absolute atomic E-state index is 0.136. The Balaban J connectivity index is 2.81. The van der Waals surface area contributed by atoms with E-state index in [9.17, 15) is 0 Å². The molecule has 0 amide bonds. The predicted molar refractivity (Wildman–Crippen MR) is 78.0 cm³/mol. The van der Waals surface area contributed by atoms with Gasteiger partial charge in [0.15, 0.2) is 11.5 Å². The molecule has 0 saturated carbocycles. The van der Waals surface area contributed by atoms with Crippen LogP contribution in [0.15, 0.2) is 23.2 Å². The summed E-state index contributed by atoms with van der Waals surface area (Å²) in [5, 5.41) is 0. The van der Waals surface area contributed by atoms with Crippen LogP contribution in [0.5, 0.6) is 11.5 Å². The number of rotatable bonds is 8. The number of nitrogens with one attached hydrogen (secondary N) is 1. The van der Waals surface area contributed by atoms with Gasteiger partial charge in [-0.3, -0.25) is 10.3 Å². The second-order valence-electron chi connectivity index (χ2n) is 3.43. The fourth-order valence-electron chi connectivity index (χ4n) is 1.27. The summed E-state index contributed by atoms with van der Waals surface area (Å²) in [5.41, 5.74) is 3.24. The van der Waals surface area contributed by atoms with Gasteiger partial charge in [-0.05, 0) is 19.1 Å². The molecule has 0 aliphatic carbocycles. The van der Waals surface area contributed by atoms with E-state index in [0.717, 1.165) is 0 Å². The molecule has 20 heavy (non-hydrogen) atoms. The van der Waals surface area contributed by atoms with Crippen molar-refractivity contribution in [3.63, 3.8) is 0 Å². The number of hydrogen-bond donors (Lipinski definition) is 1. The lowest BCUT2D eigenvalue weighted by Crippen LogP contribution is -2.10. The Morgan fingerprint density at radius 2 is 1.90 bits per heavy atom. The standard InChI is InChI=1S/C15H16N2O3/c1-4-9-18-14-8-7-13(16-12-17-20-6-3)11-15(14)19-10-5-2/h1-2,7-8,11-12H,6,9-10H2,3H3,(H,16,17). The highest BCUT2D eigenvalue weighted by molar-refractivity contribution is 5.62. The summed E-state index contributed by atoms with van der Waals surface area (Å²) >= 11 is 0. The average molecular weight is 272 g/mol. The van der Waals surface area contributed by atoms with E-state index in [1.165, 1.54) is 6.34 Å². The number of nitrogens with zero attached hydrogens (tertiary/aromatic N) is 1. The lowest BCUT2D eigenvalue weighted by atomic mass is 10.3. The molecule has 0 fully saturated rings. The third-order valence-electron chi connectivity index (χ3n) is 2.04. The van der Waals surface area contributed by atoms with Crippen molar-refractivity contribution in [3.05, 3.63) is 18.2 Å². The lowest BCUT2D eigenvalue weighted by Gasteiger charge is -2.10. The number of aliphatic imine (C=N–C) groups is 1. The molecule has 0 aliphatic heterocycles. The predicted octanol–water partition coefficient (Wildman–Crippen LogP) is 1.91. The van der Waals surface area contributed by atoms with E-state index in [4.69, 9.17) is 27.2 Å². The monoisotopic (exact) mass is 272 g/mol. The summed E-state index contributed by atoms with van der Waals surface area (Å²) < 4.78 is 10.8. The van der Waals surface area contributed by atoms with Crippen molar-refractivity contribution < 1.29 is 14.3 Å². The summed E-state index contributed by atoms with van der Waals surface area (Å²) in [6.45, 7) is 2.70. The molecule has 1 aromatic rings. The number of terminal acetylenes is 2. The minimum atomic E-state index is 0.136. The summed E-state index contributed by atoms with van der Waals surface area (Å²) in [5.74, 6) is 5.79. The quantitative estimate of drug-likeness (QED) is 0.258. The topological polar surface area (TPSA) is 52.1 Å². The van der Waals surface area contributed by atoms with E-state index >= 15 is 0 Å². The first kappa shape index (κ1) is 15.4. The number of ether oxygens (including phenoxy) is 2. The molecule has 1 N–H and O–H groups in total. The van der Waals surface area contributed by atoms with Crippen LogP contribution >= 0.6 is 0 Å². The van der Waals surface area contributed by atoms with Crippen molar-refractivity contribution in [2.45, 2.75) is 6.92 Å². The molecule has 0 spiro atoms. The van der Waals surface area contributed by atoms with Crippen LogP contribution in [0, 0.1) is 24.7 Å². The first-order valence-electron chi connectivity index (χ1n) is 5.98. The molecule has 0 heterocycles. The Hall–Kier alpha value is -2.63. The molecule has 0 aliphatic rings. The molecule has 0 aromatic heterocycles. The maximum Gasteiger partial charge on any atom is 0.164 e. The SMILES string of the molecule is C#CCOc1ccc(N=CNOCC)cc1OCC#C. The van der Waals surface area contributed by atoms with Gasteiger partial charge in [-0.2, -0.15) is 0 Å². The summed E-state index contributed by atoms with van der Waals surface area (Å²) in [6.07, 6.45) is 11.8. The van der Waals surface area contributed by atoms with Crippen molar-refractivity contribution >= 4 is 12.0 Å². The van der Waals surface area contributed by atoms with E-state index in [2.05, 4.69) is 22.3 Å². The maximum absolute atomic E-state index is 5.40. The molecule has 0 saturated heterocycles. The Labute approximate surface area is 118 Å². The first-order chi connectivity index (χ1) is 9.81. The van der Waals surface area contributed by atoms with E-state index in [1.54, 1.807) is 18.2 Å². The van der Waals surface area contributed by atoms with Crippen LogP contribution in [-0.2, 0) is 4.84 Å². The smallest absolute Gasteiger partial charge is 0.164 e. The highest BCUT2D eigenvalue weighted by Gasteiger charge is 2.05. The molecule has 0 bridgehead atoms.